The highest BCUT2D eigenvalue weighted by Gasteiger charge is 2.32. The maximum atomic E-state index is 13.9. The van der Waals surface area contributed by atoms with E-state index in [1.807, 2.05) is 86.6 Å². The van der Waals surface area contributed by atoms with Crippen molar-refractivity contribution in [3.63, 3.8) is 0 Å². The van der Waals surface area contributed by atoms with E-state index in [-0.39, 0.29) is 11.2 Å². The van der Waals surface area contributed by atoms with Gasteiger partial charge in [0, 0.05) is 32.8 Å². The highest BCUT2D eigenvalue weighted by molar-refractivity contribution is 9.10. The molecule has 0 N–H and O–H groups in total. The van der Waals surface area contributed by atoms with E-state index in [0.29, 0.717) is 53.0 Å². The van der Waals surface area contributed by atoms with Gasteiger partial charge < -0.3 is 18.5 Å². The highest BCUT2D eigenvalue weighted by atomic mass is 79.9. The van der Waals surface area contributed by atoms with Crippen molar-refractivity contribution in [2.45, 2.75) is 51.7 Å². The number of ether oxygens (including phenoxy) is 2. The topological polar surface area (TPSA) is 107 Å². The second-order valence-corrected chi connectivity index (χ2v) is 15.2. The third-order valence-electron chi connectivity index (χ3n) is 7.95. The van der Waals surface area contributed by atoms with Crippen LogP contribution >= 0.6 is 24.3 Å². The van der Waals surface area contributed by atoms with E-state index in [1.165, 1.54) is 11.7 Å². The molecule has 5 aromatic rings. The first-order valence-corrected chi connectivity index (χ1v) is 18.0. The van der Waals surface area contributed by atoms with Crippen LogP contribution in [-0.4, -0.2) is 29.0 Å². The Morgan fingerprint density at radius 2 is 1.58 bits per heavy atom. The zero-order chi connectivity index (χ0) is 35.7. The predicted molar refractivity (Wildman–Crippen MR) is 200 cm³/mol. The quantitative estimate of drug-likeness (QED) is 0.0871. The molecule has 0 bridgehead atoms. The number of hydrogen-bond donors (Lipinski definition) is 0. The molecule has 1 unspecified atom stereocenters. The van der Waals surface area contributed by atoms with E-state index in [0.717, 1.165) is 15.6 Å². The zero-order valence-electron chi connectivity index (χ0n) is 28.3. The lowest BCUT2D eigenvalue weighted by atomic mass is 10.0. The molecule has 5 rings (SSSR count). The molecule has 0 aliphatic heterocycles. The summed E-state index contributed by atoms with van der Waals surface area (Å²) in [6, 6.07) is 34.8. The molecule has 1 atom stereocenters. The summed E-state index contributed by atoms with van der Waals surface area (Å²) in [6.07, 6.45) is 3.17. The third kappa shape index (κ3) is 9.27. The maximum absolute atomic E-state index is 13.9. The minimum absolute atomic E-state index is 0.0829. The Hall–Kier alpha value is -4.76. The van der Waals surface area contributed by atoms with Crippen molar-refractivity contribution in [3.8, 4) is 17.9 Å². The van der Waals surface area contributed by atoms with Crippen LogP contribution in [0, 0.1) is 22.7 Å². The Bertz CT molecular complexity index is 2020. The Labute approximate surface area is 302 Å². The van der Waals surface area contributed by atoms with Gasteiger partial charge >= 0.3 is 6.09 Å². The molecule has 0 spiro atoms. The fraction of sp³-hybridized carbons (Fsp3) is 0.225. The summed E-state index contributed by atoms with van der Waals surface area (Å²) in [5, 5.41) is 20.4. The Morgan fingerprint density at radius 1 is 0.940 bits per heavy atom. The van der Waals surface area contributed by atoms with Gasteiger partial charge in [-0.05, 0) is 73.9 Å². The number of nitrogens with zero attached hydrogens (tertiary/aromatic N) is 3. The molecule has 10 heteroatoms. The minimum Gasteiger partial charge on any atom is -0.496 e. The number of carbonyl (C=O) groups is 1. The van der Waals surface area contributed by atoms with E-state index in [2.05, 4.69) is 35.0 Å². The van der Waals surface area contributed by atoms with Crippen LogP contribution in [0.2, 0.25) is 0 Å². The molecule has 0 amide bonds. The largest absolute Gasteiger partial charge is 0.496 e. The van der Waals surface area contributed by atoms with Gasteiger partial charge in [-0.3, -0.25) is 4.57 Å². The first kappa shape index (κ1) is 36.5. The van der Waals surface area contributed by atoms with Crippen LogP contribution in [0.5, 0.6) is 5.75 Å². The van der Waals surface area contributed by atoms with E-state index in [1.54, 1.807) is 36.5 Å². The monoisotopic (exact) mass is 749 g/mol. The molecular formula is C40H37BrN3O5P. The second kappa shape index (κ2) is 16.8. The third-order valence-corrected chi connectivity index (χ3v) is 10.1. The van der Waals surface area contributed by atoms with E-state index >= 15 is 0 Å². The summed E-state index contributed by atoms with van der Waals surface area (Å²) in [6.45, 7) is 6.61. The molecule has 1 heterocycles. The van der Waals surface area contributed by atoms with Gasteiger partial charge in [-0.2, -0.15) is 10.5 Å². The fourth-order valence-electron chi connectivity index (χ4n) is 5.64. The van der Waals surface area contributed by atoms with Crippen LogP contribution in [0.4, 0.5) is 4.79 Å². The van der Waals surface area contributed by atoms with E-state index < -0.39 is 20.1 Å². The number of benzene rings is 4. The molecule has 4 aromatic carbocycles. The Morgan fingerprint density at radius 3 is 2.16 bits per heavy atom. The molecule has 0 aliphatic carbocycles. The van der Waals surface area contributed by atoms with Crippen molar-refractivity contribution >= 4 is 53.0 Å². The number of carbonyl (C=O) groups excluding carboxylic acids is 1. The number of allylic oxidation sites excluding steroid dienone is 1. The summed E-state index contributed by atoms with van der Waals surface area (Å²) in [4.78, 5) is 13.9. The molecule has 0 saturated carbocycles. The van der Waals surface area contributed by atoms with Crippen LogP contribution < -0.4 is 4.74 Å². The number of halogens is 1. The minimum atomic E-state index is -1.36. The van der Waals surface area contributed by atoms with Gasteiger partial charge in [-0.15, -0.1) is 0 Å². The summed E-state index contributed by atoms with van der Waals surface area (Å²) in [5.41, 5.74) is 3.51. The zero-order valence-corrected chi connectivity index (χ0v) is 30.8. The Balaban J connectivity index is 1.39. The second-order valence-electron chi connectivity index (χ2n) is 12.3. The van der Waals surface area contributed by atoms with Crippen LogP contribution in [0.1, 0.15) is 55.0 Å². The summed E-state index contributed by atoms with van der Waals surface area (Å²) >= 11 is 3.53. The Kier molecular flexibility index (Phi) is 12.2. The summed E-state index contributed by atoms with van der Waals surface area (Å²) in [7, 11) is 0.167. The lowest BCUT2D eigenvalue weighted by Crippen LogP contribution is -2.33. The highest BCUT2D eigenvalue weighted by Crippen LogP contribution is 2.48. The number of hydrogen-bond acceptors (Lipinski definition) is 7. The van der Waals surface area contributed by atoms with Crippen molar-refractivity contribution in [1.82, 2.24) is 4.57 Å². The van der Waals surface area contributed by atoms with Crippen molar-refractivity contribution in [2.24, 2.45) is 0 Å². The fourth-order valence-corrected chi connectivity index (χ4v) is 7.73. The number of aromatic nitrogens is 1. The van der Waals surface area contributed by atoms with Gasteiger partial charge in [0.2, 0.25) is 0 Å². The van der Waals surface area contributed by atoms with Gasteiger partial charge in [-0.25, -0.2) is 4.79 Å². The van der Waals surface area contributed by atoms with Crippen molar-refractivity contribution in [3.05, 3.63) is 136 Å². The van der Waals surface area contributed by atoms with Crippen LogP contribution in [0.3, 0.4) is 0 Å². The average Bonchev–Trinajstić information content (AvgIpc) is 3.49. The number of nitriles is 2. The standard InChI is InChI=1S/C40H37BrN3O5P/c1-28(50(47-26-29-11-7-5-8-12-29)48-27-30-13-9-6-10-14-30)22-40(2,3)49-39(45)44-25-36(35-21-34(41)16-17-37(35)44)33(24-43)20-32-19-31(23-42)15-18-38(32)46-4/h5-21,25,28H,22,26-27H2,1-4H3/b33-20+. The van der Waals surface area contributed by atoms with E-state index in [9.17, 15) is 15.3 Å². The average molecular weight is 751 g/mol. The molecule has 0 fully saturated rings. The summed E-state index contributed by atoms with van der Waals surface area (Å²) < 4.78 is 26.6. The van der Waals surface area contributed by atoms with Gasteiger partial charge in [-0.1, -0.05) is 83.5 Å². The van der Waals surface area contributed by atoms with Gasteiger partial charge in [0.15, 0.2) is 8.38 Å². The predicted octanol–water partition coefficient (Wildman–Crippen LogP) is 10.6. The first-order valence-electron chi connectivity index (χ1n) is 16.0. The van der Waals surface area contributed by atoms with Crippen molar-refractivity contribution < 1.29 is 23.3 Å². The first-order chi connectivity index (χ1) is 24.1. The molecular weight excluding hydrogens is 713 g/mol. The number of rotatable bonds is 13. The van der Waals surface area contributed by atoms with Crippen molar-refractivity contribution in [1.29, 1.82) is 10.5 Å². The lowest BCUT2D eigenvalue weighted by Gasteiger charge is -2.31. The molecule has 50 heavy (non-hydrogen) atoms. The number of fused-ring (bicyclic) bond motifs is 1. The molecule has 1 aromatic heterocycles. The van der Waals surface area contributed by atoms with E-state index in [4.69, 9.17) is 18.5 Å². The summed E-state index contributed by atoms with van der Waals surface area (Å²) in [5.74, 6) is 0.511. The normalized spacial score (nSPS) is 12.4. The molecule has 0 aliphatic rings. The SMILES string of the molecule is COc1ccc(C#N)cc1/C=C(\C#N)c1cn(C(=O)OC(C)(C)CC(C)P(OCc2ccccc2)OCc2ccccc2)c2ccc(Br)cc12. The van der Waals surface area contributed by atoms with Crippen LogP contribution in [-0.2, 0) is 27.0 Å². The van der Waals surface area contributed by atoms with Gasteiger partial charge in [0.25, 0.3) is 0 Å². The van der Waals surface area contributed by atoms with Gasteiger partial charge in [0.1, 0.15) is 11.4 Å². The van der Waals surface area contributed by atoms with Crippen LogP contribution in [0.15, 0.2) is 108 Å². The van der Waals surface area contributed by atoms with Crippen molar-refractivity contribution in [2.75, 3.05) is 7.11 Å². The molecule has 254 valence electrons. The molecule has 0 radical (unpaired) electrons. The number of methoxy groups -OCH3 is 1. The van der Waals surface area contributed by atoms with Gasteiger partial charge in [0.05, 0.1) is 49.1 Å². The maximum Gasteiger partial charge on any atom is 0.419 e. The lowest BCUT2D eigenvalue weighted by molar-refractivity contribution is 0.0329. The molecule has 8 nitrogen and oxygen atoms in total. The molecule has 0 saturated heterocycles. The smallest absolute Gasteiger partial charge is 0.419 e. The van der Waals surface area contributed by atoms with Crippen LogP contribution in [0.25, 0.3) is 22.6 Å².